The number of para-hydroxylation sites is 1. The Balaban J connectivity index is 1.62. The molecule has 0 saturated heterocycles. The SMILES string of the molecule is CNC(=O)[C@@H](Cc1c[nH]c2ccccc12)NC(=O)[C@H](CCC(=O)O)NC(=O)[C@H](Cc1ccccc1)NC(=O)[C@H](Cc1ccc(O)cc1)NC(=O)[C@H](CCC(=O)O)NC(C)=O. The Morgan fingerprint density at radius 3 is 1.52 bits per heavy atom. The van der Waals surface area contributed by atoms with Gasteiger partial charge < -0.3 is 52.2 Å². The van der Waals surface area contributed by atoms with Crippen molar-refractivity contribution >= 4 is 58.3 Å². The first-order valence-corrected chi connectivity index (χ1v) is 19.1. The van der Waals surface area contributed by atoms with Crippen molar-refractivity contribution in [2.24, 2.45) is 0 Å². The number of nitrogens with one attached hydrogen (secondary N) is 7. The second-order valence-corrected chi connectivity index (χ2v) is 14.1. The molecule has 1 heterocycles. The van der Waals surface area contributed by atoms with Gasteiger partial charge in [-0.1, -0.05) is 60.7 Å². The quantitative estimate of drug-likeness (QED) is 0.0530. The molecule has 0 aliphatic rings. The molecule has 318 valence electrons. The number of carboxylic acids is 2. The lowest BCUT2D eigenvalue weighted by molar-refractivity contribution is -0.139. The fraction of sp³-hybridized carbons (Fsp3) is 0.333. The fourth-order valence-corrected chi connectivity index (χ4v) is 6.45. The smallest absolute Gasteiger partial charge is 0.303 e. The van der Waals surface area contributed by atoms with E-state index in [1.54, 1.807) is 36.5 Å². The predicted octanol–water partition coefficient (Wildman–Crippen LogP) is 0.821. The van der Waals surface area contributed by atoms with Crippen LogP contribution >= 0.6 is 0 Å². The van der Waals surface area contributed by atoms with Gasteiger partial charge in [-0.2, -0.15) is 0 Å². The summed E-state index contributed by atoms with van der Waals surface area (Å²) in [6.45, 7) is 1.14. The lowest BCUT2D eigenvalue weighted by atomic mass is 10.0. The van der Waals surface area contributed by atoms with Crippen LogP contribution in [0, 0.1) is 0 Å². The molecule has 3 aromatic carbocycles. The lowest BCUT2D eigenvalue weighted by Crippen LogP contribution is -2.60. The summed E-state index contributed by atoms with van der Waals surface area (Å²) in [4.78, 5) is 107. The maximum atomic E-state index is 14.2. The Morgan fingerprint density at radius 1 is 0.550 bits per heavy atom. The van der Waals surface area contributed by atoms with E-state index < -0.39 is 90.4 Å². The molecule has 0 fully saturated rings. The van der Waals surface area contributed by atoms with Gasteiger partial charge in [0, 0.05) is 63.2 Å². The average molecular weight is 828 g/mol. The number of aromatic hydroxyl groups is 1. The van der Waals surface area contributed by atoms with Crippen molar-refractivity contribution in [3.63, 3.8) is 0 Å². The summed E-state index contributed by atoms with van der Waals surface area (Å²) in [7, 11) is 1.39. The van der Waals surface area contributed by atoms with Crippen LogP contribution in [0.4, 0.5) is 0 Å². The van der Waals surface area contributed by atoms with E-state index in [1.807, 2.05) is 24.3 Å². The molecule has 5 atom stereocenters. The van der Waals surface area contributed by atoms with Crippen molar-refractivity contribution in [2.75, 3.05) is 7.05 Å². The van der Waals surface area contributed by atoms with Crippen molar-refractivity contribution in [1.29, 1.82) is 0 Å². The minimum atomic E-state index is -1.49. The summed E-state index contributed by atoms with van der Waals surface area (Å²) in [5, 5.41) is 44.7. The number of carbonyl (C=O) groups is 8. The highest BCUT2D eigenvalue weighted by Crippen LogP contribution is 2.20. The Morgan fingerprint density at radius 2 is 1.00 bits per heavy atom. The van der Waals surface area contributed by atoms with E-state index >= 15 is 0 Å². The van der Waals surface area contributed by atoms with Crippen molar-refractivity contribution in [3.05, 3.63) is 102 Å². The third-order valence-corrected chi connectivity index (χ3v) is 9.52. The van der Waals surface area contributed by atoms with Gasteiger partial charge in [-0.25, -0.2) is 0 Å². The number of aromatic amines is 1. The summed E-state index contributed by atoms with van der Waals surface area (Å²) in [5.41, 5.74) is 2.59. The molecule has 6 amide bonds. The number of rotatable bonds is 22. The van der Waals surface area contributed by atoms with E-state index in [-0.39, 0.29) is 37.9 Å². The zero-order chi connectivity index (χ0) is 43.8. The zero-order valence-electron chi connectivity index (χ0n) is 33.0. The summed E-state index contributed by atoms with van der Waals surface area (Å²) >= 11 is 0. The molecule has 1 aromatic heterocycles. The first-order valence-electron chi connectivity index (χ1n) is 19.1. The molecule has 0 radical (unpaired) electrons. The van der Waals surface area contributed by atoms with Crippen molar-refractivity contribution in [1.82, 2.24) is 36.9 Å². The Labute approximate surface area is 344 Å². The van der Waals surface area contributed by atoms with Crippen molar-refractivity contribution < 1.29 is 53.7 Å². The van der Waals surface area contributed by atoms with Crippen LogP contribution in [0.1, 0.15) is 49.3 Å². The van der Waals surface area contributed by atoms with Crippen LogP contribution in [0.25, 0.3) is 10.9 Å². The highest BCUT2D eigenvalue weighted by Gasteiger charge is 2.33. The molecule has 0 aliphatic heterocycles. The number of amides is 6. The van der Waals surface area contributed by atoms with E-state index in [4.69, 9.17) is 0 Å². The van der Waals surface area contributed by atoms with E-state index in [9.17, 15) is 53.7 Å². The van der Waals surface area contributed by atoms with Crippen LogP contribution < -0.4 is 31.9 Å². The van der Waals surface area contributed by atoms with Gasteiger partial charge in [0.25, 0.3) is 0 Å². The van der Waals surface area contributed by atoms with Crippen LogP contribution in [-0.2, 0) is 57.6 Å². The Bertz CT molecular complexity index is 2160. The summed E-state index contributed by atoms with van der Waals surface area (Å²) < 4.78 is 0. The van der Waals surface area contributed by atoms with Gasteiger partial charge in [0.05, 0.1) is 0 Å². The average Bonchev–Trinajstić information content (AvgIpc) is 3.63. The topological polar surface area (TPSA) is 285 Å². The number of carbonyl (C=O) groups excluding carboxylic acids is 6. The van der Waals surface area contributed by atoms with E-state index in [2.05, 4.69) is 36.9 Å². The van der Waals surface area contributed by atoms with Gasteiger partial charge in [0.2, 0.25) is 35.4 Å². The molecule has 4 rings (SSSR count). The van der Waals surface area contributed by atoms with Gasteiger partial charge in [-0.3, -0.25) is 38.4 Å². The van der Waals surface area contributed by atoms with Gasteiger partial charge >= 0.3 is 11.9 Å². The maximum Gasteiger partial charge on any atom is 0.303 e. The number of aliphatic carboxylic acids is 2. The number of hydrogen-bond acceptors (Lipinski definition) is 9. The Hall–Kier alpha value is -7.24. The van der Waals surface area contributed by atoms with Crippen LogP contribution in [0.3, 0.4) is 0 Å². The van der Waals surface area contributed by atoms with Crippen LogP contribution in [0.15, 0.2) is 85.1 Å². The zero-order valence-corrected chi connectivity index (χ0v) is 33.0. The first kappa shape index (κ1) is 45.5. The normalized spacial score (nSPS) is 13.4. The number of fused-ring (bicyclic) bond motifs is 1. The molecule has 60 heavy (non-hydrogen) atoms. The van der Waals surface area contributed by atoms with Crippen molar-refractivity contribution in [3.8, 4) is 5.75 Å². The number of benzene rings is 3. The monoisotopic (exact) mass is 827 g/mol. The van der Waals surface area contributed by atoms with E-state index in [1.165, 1.54) is 31.3 Å². The van der Waals surface area contributed by atoms with Crippen LogP contribution in [0.2, 0.25) is 0 Å². The number of likely N-dealkylation sites (N-methyl/N-ethyl adjacent to an activating group) is 1. The maximum absolute atomic E-state index is 14.2. The third-order valence-electron chi connectivity index (χ3n) is 9.52. The Kier molecular flexibility index (Phi) is 16.7. The standard InChI is InChI=1S/C42H49N7O11/c1-24(50)45-31(16-18-36(52)53)39(57)47-34(21-26-12-14-28(51)15-13-26)42(60)48-33(20-25-8-4-3-5-9-25)41(59)46-32(17-19-37(54)55)40(58)49-35(38(56)43-2)22-27-23-44-30-11-7-6-10-29(27)30/h3-15,23,31-35,44,51H,16-22H2,1-2H3,(H,43,56)(H,45,50)(H,46,59)(H,47,57)(H,48,60)(H,49,58)(H,52,53)(H,54,55)/t31-,32-,33-,34-,35+/m0/s1. The number of carboxylic acid groups (broad SMARTS) is 2. The summed E-state index contributed by atoms with van der Waals surface area (Å²) in [6, 6.07) is 14.8. The van der Waals surface area contributed by atoms with Gasteiger partial charge in [0.15, 0.2) is 0 Å². The molecule has 0 bridgehead atoms. The van der Waals surface area contributed by atoms with Crippen LogP contribution in [0.5, 0.6) is 5.75 Å². The molecular formula is C42H49N7O11. The van der Waals surface area contributed by atoms with E-state index in [0.29, 0.717) is 11.1 Å². The lowest BCUT2D eigenvalue weighted by Gasteiger charge is -2.27. The van der Waals surface area contributed by atoms with Gasteiger partial charge in [-0.05, 0) is 47.7 Å². The largest absolute Gasteiger partial charge is 0.508 e. The number of aromatic nitrogens is 1. The predicted molar refractivity (Wildman–Crippen MR) is 217 cm³/mol. The molecular weight excluding hydrogens is 778 g/mol. The second kappa shape index (κ2) is 22.1. The highest BCUT2D eigenvalue weighted by atomic mass is 16.4. The minimum absolute atomic E-state index is 0.0505. The molecule has 10 N–H and O–H groups in total. The molecule has 18 nitrogen and oxygen atoms in total. The number of H-pyrrole nitrogens is 1. The summed E-state index contributed by atoms with van der Waals surface area (Å²) in [6.07, 6.45) is -0.238. The molecule has 18 heteroatoms. The number of phenolic OH excluding ortho intramolecular Hbond substituents is 1. The highest BCUT2D eigenvalue weighted by molar-refractivity contribution is 5.97. The third kappa shape index (κ3) is 14.0. The van der Waals surface area contributed by atoms with Crippen LogP contribution in [-0.4, -0.2) is 105 Å². The molecule has 0 aliphatic carbocycles. The summed E-state index contributed by atoms with van der Waals surface area (Å²) in [5.74, 6) is -7.22. The molecule has 0 spiro atoms. The number of phenols is 1. The number of hydrogen-bond donors (Lipinski definition) is 10. The molecule has 0 saturated carbocycles. The second-order valence-electron chi connectivity index (χ2n) is 14.1. The molecule has 0 unspecified atom stereocenters. The van der Waals surface area contributed by atoms with Crippen molar-refractivity contribution in [2.45, 2.75) is 82.1 Å². The minimum Gasteiger partial charge on any atom is -0.508 e. The van der Waals surface area contributed by atoms with Gasteiger partial charge in [0.1, 0.15) is 36.0 Å². The molecule has 4 aromatic rings. The van der Waals surface area contributed by atoms with Gasteiger partial charge in [-0.15, -0.1) is 0 Å². The first-order chi connectivity index (χ1) is 28.6. The van der Waals surface area contributed by atoms with E-state index in [0.717, 1.165) is 23.4 Å². The fourth-order valence-electron chi connectivity index (χ4n) is 6.45.